The van der Waals surface area contributed by atoms with Crippen molar-refractivity contribution in [1.82, 2.24) is 5.32 Å². The summed E-state index contributed by atoms with van der Waals surface area (Å²) in [5, 5.41) is 13.0. The summed E-state index contributed by atoms with van der Waals surface area (Å²) >= 11 is 0. The van der Waals surface area contributed by atoms with E-state index in [1.54, 1.807) is 18.2 Å². The SMILES string of the molecule is CCOc1ccc(C(=O)NC2CCCCCC2O)cc1N. The summed E-state index contributed by atoms with van der Waals surface area (Å²) in [4.78, 5) is 12.3. The van der Waals surface area contributed by atoms with Crippen LogP contribution in [0.25, 0.3) is 0 Å². The van der Waals surface area contributed by atoms with Crippen LogP contribution in [0.3, 0.4) is 0 Å². The molecule has 0 radical (unpaired) electrons. The van der Waals surface area contributed by atoms with Crippen molar-refractivity contribution in [1.29, 1.82) is 0 Å². The van der Waals surface area contributed by atoms with E-state index in [9.17, 15) is 9.90 Å². The standard InChI is InChI=1S/C16H24N2O3/c1-2-21-15-9-8-11(10-12(15)17)16(20)18-13-6-4-3-5-7-14(13)19/h8-10,13-14,19H,2-7,17H2,1H3,(H,18,20). The van der Waals surface area contributed by atoms with Crippen molar-refractivity contribution in [3.05, 3.63) is 23.8 Å². The van der Waals surface area contributed by atoms with E-state index in [1.165, 1.54) is 0 Å². The minimum atomic E-state index is -0.462. The minimum absolute atomic E-state index is 0.173. The first-order valence-electron chi connectivity index (χ1n) is 7.63. The predicted octanol–water partition coefficient (Wildman–Crippen LogP) is 2.09. The molecule has 5 heteroatoms. The first-order valence-corrected chi connectivity index (χ1v) is 7.63. The minimum Gasteiger partial charge on any atom is -0.492 e. The van der Waals surface area contributed by atoms with E-state index in [1.807, 2.05) is 6.92 Å². The van der Waals surface area contributed by atoms with E-state index in [0.29, 0.717) is 23.6 Å². The lowest BCUT2D eigenvalue weighted by Crippen LogP contribution is -2.42. The number of nitrogens with two attached hydrogens (primary N) is 1. The van der Waals surface area contributed by atoms with Crippen molar-refractivity contribution in [3.8, 4) is 5.75 Å². The summed E-state index contributed by atoms with van der Waals surface area (Å²) in [6.07, 6.45) is 4.27. The van der Waals surface area contributed by atoms with Crippen molar-refractivity contribution in [2.24, 2.45) is 0 Å². The van der Waals surface area contributed by atoms with Crippen LogP contribution in [-0.2, 0) is 0 Å². The molecular weight excluding hydrogens is 268 g/mol. The van der Waals surface area contributed by atoms with Crippen LogP contribution in [0.2, 0.25) is 0 Å². The number of aliphatic hydroxyl groups is 1. The Labute approximate surface area is 125 Å². The molecule has 2 atom stereocenters. The maximum absolute atomic E-state index is 12.3. The highest BCUT2D eigenvalue weighted by Gasteiger charge is 2.23. The van der Waals surface area contributed by atoms with Crippen molar-refractivity contribution in [2.75, 3.05) is 12.3 Å². The number of hydrogen-bond acceptors (Lipinski definition) is 4. The van der Waals surface area contributed by atoms with Crippen LogP contribution in [0.4, 0.5) is 5.69 Å². The summed E-state index contributed by atoms with van der Waals surface area (Å²) in [6, 6.07) is 4.84. The largest absolute Gasteiger partial charge is 0.492 e. The maximum Gasteiger partial charge on any atom is 0.251 e. The molecule has 0 bridgehead atoms. The molecule has 2 rings (SSSR count). The second-order valence-corrected chi connectivity index (χ2v) is 5.47. The summed E-state index contributed by atoms with van der Waals surface area (Å²) in [6.45, 7) is 2.41. The third-order valence-electron chi connectivity index (χ3n) is 3.87. The van der Waals surface area contributed by atoms with Gasteiger partial charge in [0.25, 0.3) is 5.91 Å². The van der Waals surface area contributed by atoms with Gasteiger partial charge in [0.2, 0.25) is 0 Å². The Morgan fingerprint density at radius 1 is 1.38 bits per heavy atom. The fraction of sp³-hybridized carbons (Fsp3) is 0.562. The Bertz CT molecular complexity index is 490. The fourth-order valence-electron chi connectivity index (χ4n) is 2.68. The van der Waals surface area contributed by atoms with Crippen LogP contribution >= 0.6 is 0 Å². The topological polar surface area (TPSA) is 84.6 Å². The first-order chi connectivity index (χ1) is 10.1. The number of rotatable bonds is 4. The van der Waals surface area contributed by atoms with Gasteiger partial charge in [0.1, 0.15) is 5.75 Å². The van der Waals surface area contributed by atoms with Gasteiger partial charge < -0.3 is 20.9 Å². The molecule has 0 heterocycles. The summed E-state index contributed by atoms with van der Waals surface area (Å²) in [5.41, 5.74) is 6.82. The van der Waals surface area contributed by atoms with Crippen molar-refractivity contribution in [3.63, 3.8) is 0 Å². The second kappa shape index (κ2) is 7.31. The van der Waals surface area contributed by atoms with Crippen LogP contribution in [0.15, 0.2) is 18.2 Å². The van der Waals surface area contributed by atoms with Gasteiger partial charge in [0.15, 0.2) is 0 Å². The van der Waals surface area contributed by atoms with E-state index < -0.39 is 6.10 Å². The molecule has 1 aromatic carbocycles. The molecule has 0 aliphatic heterocycles. The number of benzene rings is 1. The molecule has 4 N–H and O–H groups in total. The number of carbonyl (C=O) groups excluding carboxylic acids is 1. The molecule has 0 aromatic heterocycles. The molecule has 0 spiro atoms. The Morgan fingerprint density at radius 2 is 2.14 bits per heavy atom. The van der Waals surface area contributed by atoms with Crippen molar-refractivity contribution in [2.45, 2.75) is 51.2 Å². The molecular formula is C16H24N2O3. The van der Waals surface area contributed by atoms with E-state index in [2.05, 4.69) is 5.32 Å². The normalized spacial score (nSPS) is 22.4. The first kappa shape index (κ1) is 15.6. The van der Waals surface area contributed by atoms with Gasteiger partial charge in [0.05, 0.1) is 24.4 Å². The van der Waals surface area contributed by atoms with E-state index in [0.717, 1.165) is 32.1 Å². The molecule has 1 aliphatic rings. The fourth-order valence-corrected chi connectivity index (χ4v) is 2.68. The summed E-state index contributed by atoms with van der Waals surface area (Å²) in [7, 11) is 0. The molecule has 21 heavy (non-hydrogen) atoms. The Morgan fingerprint density at radius 3 is 2.86 bits per heavy atom. The highest BCUT2D eigenvalue weighted by atomic mass is 16.5. The number of aliphatic hydroxyl groups excluding tert-OH is 1. The lowest BCUT2D eigenvalue weighted by Gasteiger charge is -2.22. The quantitative estimate of drug-likeness (QED) is 0.586. The number of nitrogen functional groups attached to an aromatic ring is 1. The third kappa shape index (κ3) is 4.11. The van der Waals surface area contributed by atoms with Crippen LogP contribution in [-0.4, -0.2) is 29.8 Å². The average Bonchev–Trinajstić information content (AvgIpc) is 2.66. The zero-order valence-corrected chi connectivity index (χ0v) is 12.5. The average molecular weight is 292 g/mol. The van der Waals surface area contributed by atoms with Gasteiger partial charge in [-0.1, -0.05) is 19.3 Å². The van der Waals surface area contributed by atoms with Crippen LogP contribution < -0.4 is 15.8 Å². The van der Waals surface area contributed by atoms with E-state index in [-0.39, 0.29) is 11.9 Å². The van der Waals surface area contributed by atoms with Crippen LogP contribution in [0.5, 0.6) is 5.75 Å². The third-order valence-corrected chi connectivity index (χ3v) is 3.87. The highest BCUT2D eigenvalue weighted by molar-refractivity contribution is 5.95. The number of anilines is 1. The summed E-state index contributed by atoms with van der Waals surface area (Å²) in [5.74, 6) is 0.388. The lowest BCUT2D eigenvalue weighted by molar-refractivity contribution is 0.0819. The van der Waals surface area contributed by atoms with Gasteiger partial charge in [-0.15, -0.1) is 0 Å². The van der Waals surface area contributed by atoms with Crippen LogP contribution in [0.1, 0.15) is 49.4 Å². The van der Waals surface area contributed by atoms with E-state index in [4.69, 9.17) is 10.5 Å². The molecule has 116 valence electrons. The molecule has 1 aromatic rings. The highest BCUT2D eigenvalue weighted by Crippen LogP contribution is 2.23. The molecule has 2 unspecified atom stereocenters. The molecule has 1 fully saturated rings. The van der Waals surface area contributed by atoms with E-state index >= 15 is 0 Å². The molecule has 1 amide bonds. The molecule has 5 nitrogen and oxygen atoms in total. The number of ether oxygens (including phenoxy) is 1. The number of carbonyl (C=O) groups is 1. The molecule has 1 saturated carbocycles. The predicted molar refractivity (Wildman–Crippen MR) is 82.4 cm³/mol. The zero-order valence-electron chi connectivity index (χ0n) is 12.5. The number of nitrogens with one attached hydrogen (secondary N) is 1. The smallest absolute Gasteiger partial charge is 0.251 e. The van der Waals surface area contributed by atoms with Gasteiger partial charge >= 0.3 is 0 Å². The second-order valence-electron chi connectivity index (χ2n) is 5.47. The summed E-state index contributed by atoms with van der Waals surface area (Å²) < 4.78 is 5.36. The van der Waals surface area contributed by atoms with Gasteiger partial charge in [-0.2, -0.15) is 0 Å². The van der Waals surface area contributed by atoms with Gasteiger partial charge in [-0.25, -0.2) is 0 Å². The zero-order chi connectivity index (χ0) is 15.2. The maximum atomic E-state index is 12.3. The van der Waals surface area contributed by atoms with Gasteiger partial charge in [-0.3, -0.25) is 4.79 Å². The van der Waals surface area contributed by atoms with Gasteiger partial charge in [-0.05, 0) is 38.0 Å². The Hall–Kier alpha value is -1.75. The molecule has 0 saturated heterocycles. The number of amides is 1. The monoisotopic (exact) mass is 292 g/mol. The van der Waals surface area contributed by atoms with Crippen molar-refractivity contribution < 1.29 is 14.6 Å². The van der Waals surface area contributed by atoms with Gasteiger partial charge in [0, 0.05) is 5.56 Å². The number of hydrogen-bond donors (Lipinski definition) is 3. The van der Waals surface area contributed by atoms with Crippen LogP contribution in [0, 0.1) is 0 Å². The Balaban J connectivity index is 2.04. The molecule has 1 aliphatic carbocycles. The van der Waals surface area contributed by atoms with Crippen molar-refractivity contribution >= 4 is 11.6 Å². The lowest BCUT2D eigenvalue weighted by atomic mass is 10.1. The Kier molecular flexibility index (Phi) is 5.44.